The number of ether oxygens (including phenoxy) is 1. The van der Waals surface area contributed by atoms with Crippen LogP contribution in [0.25, 0.3) is 0 Å². The molecule has 0 aromatic heterocycles. The van der Waals surface area contributed by atoms with Gasteiger partial charge in [-0.3, -0.25) is 9.59 Å². The van der Waals surface area contributed by atoms with Gasteiger partial charge in [0.15, 0.2) is 0 Å². The van der Waals surface area contributed by atoms with Crippen molar-refractivity contribution in [3.63, 3.8) is 0 Å². The molecule has 0 saturated heterocycles. The summed E-state index contributed by atoms with van der Waals surface area (Å²) in [5, 5.41) is 8.36. The fourth-order valence-corrected chi connectivity index (χ4v) is 2.12. The van der Waals surface area contributed by atoms with Crippen LogP contribution in [-0.2, 0) is 4.79 Å². The lowest BCUT2D eigenvalue weighted by Gasteiger charge is -2.12. The van der Waals surface area contributed by atoms with E-state index < -0.39 is 0 Å². The molecule has 0 atom stereocenters. The van der Waals surface area contributed by atoms with Gasteiger partial charge < -0.3 is 20.7 Å². The number of carbonyl (C=O) groups excluding carboxylic acids is 2. The zero-order valence-corrected chi connectivity index (χ0v) is 14.0. The second-order valence-corrected chi connectivity index (χ2v) is 5.15. The van der Waals surface area contributed by atoms with Crippen LogP contribution in [0.15, 0.2) is 61.2 Å². The average Bonchev–Trinajstić information content (AvgIpc) is 2.65. The molecule has 25 heavy (non-hydrogen) atoms. The van der Waals surface area contributed by atoms with E-state index >= 15 is 0 Å². The highest BCUT2D eigenvalue weighted by molar-refractivity contribution is 5.96. The van der Waals surface area contributed by atoms with Gasteiger partial charge in [-0.1, -0.05) is 24.8 Å². The van der Waals surface area contributed by atoms with Crippen molar-refractivity contribution in [2.75, 3.05) is 30.8 Å². The summed E-state index contributed by atoms with van der Waals surface area (Å²) < 4.78 is 5.53. The molecule has 0 aliphatic rings. The molecule has 0 saturated carbocycles. The van der Waals surface area contributed by atoms with Crippen molar-refractivity contribution in [2.45, 2.75) is 0 Å². The summed E-state index contributed by atoms with van der Waals surface area (Å²) in [5.41, 5.74) is 1.89. The van der Waals surface area contributed by atoms with Crippen LogP contribution in [0.5, 0.6) is 5.75 Å². The molecule has 2 aromatic rings. The van der Waals surface area contributed by atoms with E-state index in [0.29, 0.717) is 23.6 Å². The number of anilines is 2. The molecule has 0 spiro atoms. The minimum Gasteiger partial charge on any atom is -0.487 e. The van der Waals surface area contributed by atoms with Crippen molar-refractivity contribution in [3.8, 4) is 5.75 Å². The molecule has 0 heterocycles. The van der Waals surface area contributed by atoms with Crippen molar-refractivity contribution in [3.05, 3.63) is 66.7 Å². The maximum Gasteiger partial charge on any atom is 0.251 e. The topological polar surface area (TPSA) is 79.5 Å². The standard InChI is InChI=1S/C19H21N3O3/c1-3-12-25-17-7-5-4-6-16(17)21-13-18(23)22-15-10-8-14(9-11-15)19(24)20-2/h3-11,21H,1,12-13H2,2H3,(H,20,24)(H,22,23). The molecular formula is C19H21N3O3. The quantitative estimate of drug-likeness (QED) is 0.646. The lowest BCUT2D eigenvalue weighted by molar-refractivity contribution is -0.114. The van der Waals surface area contributed by atoms with Crippen LogP contribution in [0.4, 0.5) is 11.4 Å². The molecule has 0 aliphatic heterocycles. The molecule has 130 valence electrons. The number of hydrogen-bond acceptors (Lipinski definition) is 4. The van der Waals surface area contributed by atoms with Crippen LogP contribution < -0.4 is 20.7 Å². The van der Waals surface area contributed by atoms with E-state index in [4.69, 9.17) is 4.74 Å². The Morgan fingerprint density at radius 1 is 1.12 bits per heavy atom. The summed E-state index contributed by atoms with van der Waals surface area (Å²) in [5.74, 6) is 0.284. The van der Waals surface area contributed by atoms with E-state index in [1.165, 1.54) is 0 Å². The van der Waals surface area contributed by atoms with Gasteiger partial charge in [-0.15, -0.1) is 0 Å². The van der Waals surface area contributed by atoms with E-state index in [-0.39, 0.29) is 18.4 Å². The van der Waals surface area contributed by atoms with E-state index in [0.717, 1.165) is 5.69 Å². The minimum atomic E-state index is -0.203. The highest BCUT2D eigenvalue weighted by Crippen LogP contribution is 2.23. The minimum absolute atomic E-state index is 0.0889. The number of nitrogens with one attached hydrogen (secondary N) is 3. The summed E-state index contributed by atoms with van der Waals surface area (Å²) in [6, 6.07) is 14.1. The van der Waals surface area contributed by atoms with Crippen molar-refractivity contribution >= 4 is 23.2 Å². The van der Waals surface area contributed by atoms with Gasteiger partial charge in [-0.05, 0) is 36.4 Å². The zero-order valence-electron chi connectivity index (χ0n) is 14.0. The first-order chi connectivity index (χ1) is 12.1. The van der Waals surface area contributed by atoms with Crippen molar-refractivity contribution in [1.29, 1.82) is 0 Å². The molecule has 0 fully saturated rings. The van der Waals surface area contributed by atoms with E-state index in [9.17, 15) is 9.59 Å². The monoisotopic (exact) mass is 339 g/mol. The van der Waals surface area contributed by atoms with Gasteiger partial charge in [0.2, 0.25) is 5.91 Å². The number of benzene rings is 2. The molecule has 3 N–H and O–H groups in total. The number of carbonyl (C=O) groups is 2. The Morgan fingerprint density at radius 2 is 1.84 bits per heavy atom. The Kier molecular flexibility index (Phi) is 6.59. The first-order valence-corrected chi connectivity index (χ1v) is 7.82. The van der Waals surface area contributed by atoms with Crippen LogP contribution in [0.1, 0.15) is 10.4 Å². The molecule has 0 unspecified atom stereocenters. The fourth-order valence-electron chi connectivity index (χ4n) is 2.12. The Balaban J connectivity index is 1.90. The van der Waals surface area contributed by atoms with Gasteiger partial charge >= 0.3 is 0 Å². The molecule has 0 aliphatic carbocycles. The first-order valence-electron chi connectivity index (χ1n) is 7.82. The van der Waals surface area contributed by atoms with E-state index in [1.807, 2.05) is 24.3 Å². The predicted molar refractivity (Wildman–Crippen MR) is 99.1 cm³/mol. The molecule has 2 rings (SSSR count). The third kappa shape index (κ3) is 5.39. The van der Waals surface area contributed by atoms with E-state index in [1.54, 1.807) is 37.4 Å². The van der Waals surface area contributed by atoms with Crippen LogP contribution in [-0.4, -0.2) is 32.0 Å². The summed E-state index contributed by atoms with van der Waals surface area (Å²) in [6.07, 6.45) is 1.66. The summed E-state index contributed by atoms with van der Waals surface area (Å²) in [6.45, 7) is 4.09. The molecule has 6 nitrogen and oxygen atoms in total. The van der Waals surface area contributed by atoms with Crippen molar-refractivity contribution in [2.24, 2.45) is 0 Å². The van der Waals surface area contributed by atoms with Crippen molar-refractivity contribution in [1.82, 2.24) is 5.32 Å². The number of para-hydroxylation sites is 2. The summed E-state index contributed by atoms with van der Waals surface area (Å²) in [7, 11) is 1.57. The van der Waals surface area contributed by atoms with Gasteiger partial charge in [0, 0.05) is 18.3 Å². The summed E-state index contributed by atoms with van der Waals surface area (Å²) >= 11 is 0. The van der Waals surface area contributed by atoms with E-state index in [2.05, 4.69) is 22.5 Å². The fraction of sp³-hybridized carbons (Fsp3) is 0.158. The average molecular weight is 339 g/mol. The SMILES string of the molecule is C=CCOc1ccccc1NCC(=O)Nc1ccc(C(=O)NC)cc1. The molecule has 0 bridgehead atoms. The largest absolute Gasteiger partial charge is 0.487 e. The van der Waals surface area contributed by atoms with Gasteiger partial charge in [-0.2, -0.15) is 0 Å². The normalized spacial score (nSPS) is 9.80. The second kappa shape index (κ2) is 9.12. The number of rotatable bonds is 8. The predicted octanol–water partition coefficient (Wildman–Crippen LogP) is 2.66. The lowest BCUT2D eigenvalue weighted by atomic mass is 10.2. The third-order valence-corrected chi connectivity index (χ3v) is 3.34. The second-order valence-electron chi connectivity index (χ2n) is 5.15. The van der Waals surface area contributed by atoms with Crippen molar-refractivity contribution < 1.29 is 14.3 Å². The van der Waals surface area contributed by atoms with Crippen LogP contribution in [0.3, 0.4) is 0 Å². The highest BCUT2D eigenvalue weighted by Gasteiger charge is 2.07. The van der Waals surface area contributed by atoms with Gasteiger partial charge in [-0.25, -0.2) is 0 Å². The number of hydrogen-bond donors (Lipinski definition) is 3. The molecule has 2 amide bonds. The molecule has 2 aromatic carbocycles. The third-order valence-electron chi connectivity index (χ3n) is 3.34. The van der Waals surface area contributed by atoms with Gasteiger partial charge in [0.05, 0.1) is 12.2 Å². The molecule has 0 radical (unpaired) electrons. The molecule has 6 heteroatoms. The van der Waals surface area contributed by atoms with Gasteiger partial charge in [0.25, 0.3) is 5.91 Å². The highest BCUT2D eigenvalue weighted by atomic mass is 16.5. The maximum atomic E-state index is 12.1. The van der Waals surface area contributed by atoms with Gasteiger partial charge in [0.1, 0.15) is 12.4 Å². The maximum absolute atomic E-state index is 12.1. The van der Waals surface area contributed by atoms with Crippen LogP contribution >= 0.6 is 0 Å². The first kappa shape index (κ1) is 18.1. The summed E-state index contributed by atoms with van der Waals surface area (Å²) in [4.78, 5) is 23.6. The van der Waals surface area contributed by atoms with Crippen LogP contribution in [0.2, 0.25) is 0 Å². The Bertz CT molecular complexity index is 742. The van der Waals surface area contributed by atoms with Crippen LogP contribution in [0, 0.1) is 0 Å². The molecular weight excluding hydrogens is 318 g/mol. The lowest BCUT2D eigenvalue weighted by Crippen LogP contribution is -2.22. The Morgan fingerprint density at radius 3 is 2.52 bits per heavy atom. The number of amides is 2. The Labute approximate surface area is 146 Å². The Hall–Kier alpha value is -3.28. The zero-order chi connectivity index (χ0) is 18.1. The smallest absolute Gasteiger partial charge is 0.251 e.